The van der Waals surface area contributed by atoms with Crippen molar-refractivity contribution in [2.45, 2.75) is 6.54 Å². The molecule has 2 N–H and O–H groups in total. The Labute approximate surface area is 108 Å². The topological polar surface area (TPSA) is 85.3 Å². The molecule has 94 valence electrons. The smallest absolute Gasteiger partial charge is 0.315 e. The third-order valence-electron chi connectivity index (χ3n) is 2.52. The summed E-state index contributed by atoms with van der Waals surface area (Å²) in [5.41, 5.74) is 8.86. The summed E-state index contributed by atoms with van der Waals surface area (Å²) in [6.45, 7) is 0.508. The van der Waals surface area contributed by atoms with Gasteiger partial charge in [0.25, 0.3) is 0 Å². The molecule has 6 nitrogen and oxygen atoms in total. The Hall–Kier alpha value is -2.15. The van der Waals surface area contributed by atoms with Crippen molar-refractivity contribution in [1.82, 2.24) is 4.98 Å². The zero-order chi connectivity index (χ0) is 13.1. The first-order valence-electron chi connectivity index (χ1n) is 5.20. The molecule has 0 radical (unpaired) electrons. The van der Waals surface area contributed by atoms with Crippen LogP contribution in [0.5, 0.6) is 0 Å². The average molecular weight is 264 g/mol. The maximum Gasteiger partial charge on any atom is 0.315 e. The highest BCUT2D eigenvalue weighted by molar-refractivity contribution is 7.07. The number of nitro groups is 1. The maximum atomic E-state index is 11.0. The SMILES string of the molecule is CN(Cc1cscn1)c1cccc(N)c1[N+](=O)[O-]. The number of para-hydroxylation sites is 1. The second-order valence-electron chi connectivity index (χ2n) is 3.81. The van der Waals surface area contributed by atoms with Gasteiger partial charge in [-0.25, -0.2) is 4.98 Å². The van der Waals surface area contributed by atoms with Gasteiger partial charge in [-0.05, 0) is 12.1 Å². The fraction of sp³-hybridized carbons (Fsp3) is 0.182. The number of nitrogen functional groups attached to an aromatic ring is 1. The normalized spacial score (nSPS) is 10.3. The van der Waals surface area contributed by atoms with E-state index in [9.17, 15) is 10.1 Å². The quantitative estimate of drug-likeness (QED) is 0.520. The van der Waals surface area contributed by atoms with Gasteiger partial charge in [0.2, 0.25) is 0 Å². The molecular weight excluding hydrogens is 252 g/mol. The number of hydrogen-bond acceptors (Lipinski definition) is 6. The zero-order valence-electron chi connectivity index (χ0n) is 9.74. The molecular formula is C11H12N4O2S. The van der Waals surface area contributed by atoms with Crippen LogP contribution < -0.4 is 10.6 Å². The van der Waals surface area contributed by atoms with E-state index in [4.69, 9.17) is 5.73 Å². The molecule has 2 aromatic rings. The van der Waals surface area contributed by atoms with Gasteiger partial charge in [-0.1, -0.05) is 6.07 Å². The summed E-state index contributed by atoms with van der Waals surface area (Å²) in [6, 6.07) is 4.91. The highest BCUT2D eigenvalue weighted by atomic mass is 32.1. The second kappa shape index (κ2) is 5.01. The maximum absolute atomic E-state index is 11.0. The van der Waals surface area contributed by atoms with Crippen molar-refractivity contribution in [2.75, 3.05) is 17.7 Å². The third-order valence-corrected chi connectivity index (χ3v) is 3.16. The molecule has 0 aliphatic rings. The highest BCUT2D eigenvalue weighted by Crippen LogP contribution is 2.33. The predicted octanol–water partition coefficient (Wildman–Crippen LogP) is 2.27. The van der Waals surface area contributed by atoms with E-state index in [2.05, 4.69) is 4.98 Å². The number of aromatic nitrogens is 1. The first-order chi connectivity index (χ1) is 8.59. The molecule has 0 saturated heterocycles. The summed E-state index contributed by atoms with van der Waals surface area (Å²) in [5.74, 6) is 0. The van der Waals surface area contributed by atoms with Crippen molar-refractivity contribution >= 4 is 28.4 Å². The van der Waals surface area contributed by atoms with Crippen LogP contribution in [0.2, 0.25) is 0 Å². The lowest BCUT2D eigenvalue weighted by molar-refractivity contribution is -0.383. The summed E-state index contributed by atoms with van der Waals surface area (Å²) in [5, 5.41) is 12.9. The van der Waals surface area contributed by atoms with Crippen LogP contribution in [-0.4, -0.2) is 17.0 Å². The van der Waals surface area contributed by atoms with E-state index in [1.165, 1.54) is 17.4 Å². The molecule has 0 aliphatic carbocycles. The number of benzene rings is 1. The van der Waals surface area contributed by atoms with Crippen molar-refractivity contribution in [3.05, 3.63) is 44.9 Å². The van der Waals surface area contributed by atoms with Gasteiger partial charge in [0.1, 0.15) is 11.4 Å². The van der Waals surface area contributed by atoms with Crippen LogP contribution in [-0.2, 0) is 6.54 Å². The molecule has 2 rings (SSSR count). The van der Waals surface area contributed by atoms with Crippen molar-refractivity contribution in [1.29, 1.82) is 0 Å². The van der Waals surface area contributed by atoms with E-state index < -0.39 is 4.92 Å². The van der Waals surface area contributed by atoms with Gasteiger partial charge >= 0.3 is 5.69 Å². The van der Waals surface area contributed by atoms with Crippen LogP contribution in [0.15, 0.2) is 29.1 Å². The van der Waals surface area contributed by atoms with Crippen molar-refractivity contribution < 1.29 is 4.92 Å². The van der Waals surface area contributed by atoms with Crippen LogP contribution in [0.1, 0.15) is 5.69 Å². The minimum absolute atomic E-state index is 0.0600. The Bertz CT molecular complexity index is 556. The van der Waals surface area contributed by atoms with E-state index in [1.54, 1.807) is 29.6 Å². The van der Waals surface area contributed by atoms with Crippen LogP contribution >= 0.6 is 11.3 Å². The molecule has 0 saturated carbocycles. The van der Waals surface area contributed by atoms with Gasteiger partial charge in [-0.3, -0.25) is 10.1 Å². The van der Waals surface area contributed by atoms with Gasteiger partial charge in [-0.15, -0.1) is 11.3 Å². The number of rotatable bonds is 4. The Kier molecular flexibility index (Phi) is 3.42. The molecule has 0 aliphatic heterocycles. The molecule has 0 atom stereocenters. The summed E-state index contributed by atoms with van der Waals surface area (Å²) >= 11 is 1.49. The van der Waals surface area contributed by atoms with Crippen molar-refractivity contribution in [2.24, 2.45) is 0 Å². The molecule has 1 heterocycles. The van der Waals surface area contributed by atoms with E-state index in [0.29, 0.717) is 12.2 Å². The molecule has 0 unspecified atom stereocenters. The monoisotopic (exact) mass is 264 g/mol. The molecule has 0 bridgehead atoms. The molecule has 7 heteroatoms. The fourth-order valence-electron chi connectivity index (χ4n) is 1.70. The van der Waals surface area contributed by atoms with Gasteiger partial charge in [-0.2, -0.15) is 0 Å². The summed E-state index contributed by atoms with van der Waals surface area (Å²) in [4.78, 5) is 16.5. The lowest BCUT2D eigenvalue weighted by Gasteiger charge is -2.18. The van der Waals surface area contributed by atoms with Gasteiger partial charge in [0.05, 0.1) is 22.7 Å². The van der Waals surface area contributed by atoms with Crippen molar-refractivity contribution in [3.8, 4) is 0 Å². The number of nitro benzene ring substituents is 1. The van der Waals surface area contributed by atoms with E-state index in [0.717, 1.165) is 5.69 Å². The summed E-state index contributed by atoms with van der Waals surface area (Å²) in [6.07, 6.45) is 0. The minimum atomic E-state index is -0.456. The number of anilines is 2. The van der Waals surface area contributed by atoms with E-state index in [1.807, 2.05) is 5.38 Å². The average Bonchev–Trinajstić information content (AvgIpc) is 2.80. The lowest BCUT2D eigenvalue weighted by Crippen LogP contribution is -2.18. The zero-order valence-corrected chi connectivity index (χ0v) is 10.6. The summed E-state index contributed by atoms with van der Waals surface area (Å²) < 4.78 is 0. The standard InChI is InChI=1S/C11H12N4O2S/c1-14(5-8-6-18-7-13-8)10-4-2-3-9(12)11(10)15(16)17/h2-4,6-7H,5,12H2,1H3. The number of hydrogen-bond donors (Lipinski definition) is 1. The minimum Gasteiger partial charge on any atom is -0.393 e. The highest BCUT2D eigenvalue weighted by Gasteiger charge is 2.20. The van der Waals surface area contributed by atoms with Crippen LogP contribution in [0.4, 0.5) is 17.1 Å². The molecule has 0 spiro atoms. The first-order valence-corrected chi connectivity index (χ1v) is 6.15. The fourth-order valence-corrected chi connectivity index (χ4v) is 2.25. The molecule has 0 fully saturated rings. The van der Waals surface area contributed by atoms with Crippen LogP contribution in [0.25, 0.3) is 0 Å². The molecule has 1 aromatic heterocycles. The number of nitrogens with zero attached hydrogens (tertiary/aromatic N) is 3. The number of nitrogens with two attached hydrogens (primary N) is 1. The Morgan fingerprint density at radius 1 is 1.56 bits per heavy atom. The van der Waals surface area contributed by atoms with Gasteiger partial charge in [0.15, 0.2) is 0 Å². The number of thiazole rings is 1. The summed E-state index contributed by atoms with van der Waals surface area (Å²) in [7, 11) is 1.78. The predicted molar refractivity (Wildman–Crippen MR) is 71.7 cm³/mol. The second-order valence-corrected chi connectivity index (χ2v) is 4.53. The Morgan fingerprint density at radius 2 is 2.33 bits per heavy atom. The molecule has 18 heavy (non-hydrogen) atoms. The molecule has 0 amide bonds. The van der Waals surface area contributed by atoms with Gasteiger partial charge in [0, 0.05) is 12.4 Å². The van der Waals surface area contributed by atoms with E-state index >= 15 is 0 Å². The van der Waals surface area contributed by atoms with Gasteiger partial charge < -0.3 is 10.6 Å². The molecule has 1 aromatic carbocycles. The van der Waals surface area contributed by atoms with E-state index in [-0.39, 0.29) is 11.4 Å². The lowest BCUT2D eigenvalue weighted by atomic mass is 10.2. The van der Waals surface area contributed by atoms with Crippen molar-refractivity contribution in [3.63, 3.8) is 0 Å². The third kappa shape index (κ3) is 2.40. The van der Waals surface area contributed by atoms with Crippen LogP contribution in [0.3, 0.4) is 0 Å². The largest absolute Gasteiger partial charge is 0.393 e. The Balaban J connectivity index is 2.32. The first kappa shape index (κ1) is 12.3. The van der Waals surface area contributed by atoms with Crippen LogP contribution in [0, 0.1) is 10.1 Å². The Morgan fingerprint density at radius 3 is 2.94 bits per heavy atom.